The molecule has 5 heteroatoms. The van der Waals surface area contributed by atoms with Gasteiger partial charge >= 0.3 is 0 Å². The third-order valence-corrected chi connectivity index (χ3v) is 5.74. The Morgan fingerprint density at radius 3 is 2.88 bits per heavy atom. The molecule has 5 nitrogen and oxygen atoms in total. The van der Waals surface area contributed by atoms with E-state index in [0.29, 0.717) is 35.2 Å². The molecule has 26 heavy (non-hydrogen) atoms. The number of hydrogen-bond donors (Lipinski definition) is 1. The van der Waals surface area contributed by atoms with Gasteiger partial charge in [-0.25, -0.2) is 4.98 Å². The van der Waals surface area contributed by atoms with Gasteiger partial charge in [-0.1, -0.05) is 32.9 Å². The first kappa shape index (κ1) is 17.3. The van der Waals surface area contributed by atoms with Crippen molar-refractivity contribution in [2.45, 2.75) is 52.6 Å². The molecule has 1 N–H and O–H groups in total. The smallest absolute Gasteiger partial charge is 0.294 e. The molecule has 0 radical (unpaired) electrons. The molecule has 0 spiro atoms. The van der Waals surface area contributed by atoms with Crippen LogP contribution < -0.4 is 5.56 Å². The highest BCUT2D eigenvalue weighted by Crippen LogP contribution is 2.28. The summed E-state index contributed by atoms with van der Waals surface area (Å²) in [5.74, 6) is 2.08. The second-order valence-corrected chi connectivity index (χ2v) is 8.04. The van der Waals surface area contributed by atoms with Gasteiger partial charge in [0.05, 0.1) is 6.54 Å². The minimum atomic E-state index is -0.189. The maximum absolute atomic E-state index is 12.5. The van der Waals surface area contributed by atoms with Crippen LogP contribution in [0.4, 0.5) is 0 Å². The van der Waals surface area contributed by atoms with Crippen LogP contribution >= 0.6 is 0 Å². The Bertz CT molecular complexity index is 972. The van der Waals surface area contributed by atoms with E-state index < -0.39 is 0 Å². The third kappa shape index (κ3) is 3.16. The summed E-state index contributed by atoms with van der Waals surface area (Å²) in [4.78, 5) is 22.8. The molecule has 2 unspecified atom stereocenters. The van der Waals surface area contributed by atoms with E-state index in [4.69, 9.17) is 9.40 Å². The fourth-order valence-corrected chi connectivity index (χ4v) is 4.20. The van der Waals surface area contributed by atoms with Crippen LogP contribution in [0.3, 0.4) is 0 Å². The Kier molecular flexibility index (Phi) is 4.57. The maximum Gasteiger partial charge on any atom is 0.294 e. The second kappa shape index (κ2) is 6.88. The molecule has 1 saturated heterocycles. The van der Waals surface area contributed by atoms with E-state index >= 15 is 0 Å². The monoisotopic (exact) mass is 353 g/mol. The fraction of sp³-hybridized carbons (Fsp3) is 0.524. The van der Waals surface area contributed by atoms with Gasteiger partial charge in [0.25, 0.3) is 5.56 Å². The molecule has 1 aliphatic heterocycles. The number of nitrogens with zero attached hydrogens (tertiary/aromatic N) is 2. The molecular weight excluding hydrogens is 326 g/mol. The molecule has 0 amide bonds. The van der Waals surface area contributed by atoms with Crippen molar-refractivity contribution in [2.75, 3.05) is 6.54 Å². The highest BCUT2D eigenvalue weighted by Gasteiger charge is 2.27. The largest absolute Gasteiger partial charge is 0.449 e. The van der Waals surface area contributed by atoms with E-state index in [1.807, 2.05) is 24.3 Å². The fourth-order valence-electron chi connectivity index (χ4n) is 4.20. The molecule has 2 atom stereocenters. The maximum atomic E-state index is 12.5. The van der Waals surface area contributed by atoms with Crippen molar-refractivity contribution >= 4 is 22.1 Å². The van der Waals surface area contributed by atoms with Crippen LogP contribution in [0.15, 0.2) is 33.5 Å². The summed E-state index contributed by atoms with van der Waals surface area (Å²) >= 11 is 0. The van der Waals surface area contributed by atoms with Crippen LogP contribution in [-0.2, 0) is 6.54 Å². The Hall–Kier alpha value is -2.14. The molecule has 0 bridgehead atoms. The number of H-pyrrole nitrogens is 1. The van der Waals surface area contributed by atoms with Gasteiger partial charge in [-0.3, -0.25) is 9.69 Å². The van der Waals surface area contributed by atoms with Gasteiger partial charge in [0, 0.05) is 11.4 Å². The summed E-state index contributed by atoms with van der Waals surface area (Å²) in [5.41, 5.74) is 1.51. The molecule has 0 saturated carbocycles. The van der Waals surface area contributed by atoms with Crippen LogP contribution in [0.2, 0.25) is 0 Å². The quantitative estimate of drug-likeness (QED) is 0.762. The van der Waals surface area contributed by atoms with Gasteiger partial charge in [0.15, 0.2) is 0 Å². The number of likely N-dealkylation sites (tertiary alicyclic amines) is 1. The minimum Gasteiger partial charge on any atom is -0.449 e. The molecule has 1 fully saturated rings. The van der Waals surface area contributed by atoms with Crippen LogP contribution in [0.5, 0.6) is 0 Å². The molecule has 2 aromatic heterocycles. The number of hydrogen-bond acceptors (Lipinski definition) is 4. The lowest BCUT2D eigenvalue weighted by Gasteiger charge is -2.32. The Labute approximate surface area is 153 Å². The normalized spacial score (nSPS) is 22.3. The summed E-state index contributed by atoms with van der Waals surface area (Å²) in [5, 5.41) is 0.903. The molecule has 138 valence electrons. The van der Waals surface area contributed by atoms with Gasteiger partial charge in [-0.05, 0) is 49.8 Å². The predicted molar refractivity (Wildman–Crippen MR) is 104 cm³/mol. The van der Waals surface area contributed by atoms with E-state index in [0.717, 1.165) is 23.7 Å². The lowest BCUT2D eigenvalue weighted by molar-refractivity contribution is 0.145. The van der Waals surface area contributed by atoms with Crippen molar-refractivity contribution in [3.05, 3.63) is 40.4 Å². The first-order valence-corrected chi connectivity index (χ1v) is 9.67. The van der Waals surface area contributed by atoms with E-state index in [-0.39, 0.29) is 5.56 Å². The number of aromatic amines is 1. The van der Waals surface area contributed by atoms with Crippen molar-refractivity contribution in [1.82, 2.24) is 14.9 Å². The number of nitrogens with one attached hydrogen (secondary N) is 1. The zero-order valence-corrected chi connectivity index (χ0v) is 15.8. The highest BCUT2D eigenvalue weighted by atomic mass is 16.3. The number of fused-ring (bicyclic) bond motifs is 3. The summed E-state index contributed by atoms with van der Waals surface area (Å²) in [6, 6.07) is 8.22. The summed E-state index contributed by atoms with van der Waals surface area (Å²) in [6.07, 6.45) is 3.68. The number of benzene rings is 1. The lowest BCUT2D eigenvalue weighted by atomic mass is 9.95. The van der Waals surface area contributed by atoms with Crippen LogP contribution in [0.1, 0.15) is 45.9 Å². The Morgan fingerprint density at radius 1 is 1.27 bits per heavy atom. The minimum absolute atomic E-state index is 0.189. The van der Waals surface area contributed by atoms with Gasteiger partial charge in [-0.15, -0.1) is 0 Å². The molecule has 0 aliphatic carbocycles. The standard InChI is InChI=1S/C21H27N3O2/c1-13(2)16-9-8-14(3)10-11-24(16)12-18-22-19-15-6-4-5-7-17(15)26-20(19)21(25)23-18/h4-7,13-14,16H,8-12H2,1-3H3,(H,22,23,25). The van der Waals surface area contributed by atoms with Crippen molar-refractivity contribution < 1.29 is 4.42 Å². The van der Waals surface area contributed by atoms with E-state index in [1.54, 1.807) is 0 Å². The first-order valence-electron chi connectivity index (χ1n) is 9.67. The average molecular weight is 353 g/mol. The van der Waals surface area contributed by atoms with Crippen LogP contribution in [0, 0.1) is 11.8 Å². The van der Waals surface area contributed by atoms with Crippen LogP contribution in [-0.4, -0.2) is 27.5 Å². The first-order chi connectivity index (χ1) is 12.5. The molecule has 4 rings (SSSR count). The Balaban J connectivity index is 1.71. The number of aromatic nitrogens is 2. The van der Waals surface area contributed by atoms with Crippen molar-refractivity contribution in [2.24, 2.45) is 11.8 Å². The van der Waals surface area contributed by atoms with Gasteiger partial charge < -0.3 is 9.40 Å². The number of furan rings is 1. The van der Waals surface area contributed by atoms with Crippen LogP contribution in [0.25, 0.3) is 22.1 Å². The van der Waals surface area contributed by atoms with Gasteiger partial charge in [0.2, 0.25) is 5.58 Å². The molecule has 1 aromatic carbocycles. The number of para-hydroxylation sites is 1. The topological polar surface area (TPSA) is 62.1 Å². The predicted octanol–water partition coefficient (Wildman–Crippen LogP) is 4.32. The van der Waals surface area contributed by atoms with Crippen molar-refractivity contribution in [3.8, 4) is 0 Å². The van der Waals surface area contributed by atoms with Gasteiger partial charge in [-0.2, -0.15) is 0 Å². The highest BCUT2D eigenvalue weighted by molar-refractivity contribution is 6.01. The average Bonchev–Trinajstić information content (AvgIpc) is 2.88. The number of rotatable bonds is 3. The summed E-state index contributed by atoms with van der Waals surface area (Å²) in [7, 11) is 0. The molecule has 1 aliphatic rings. The second-order valence-electron chi connectivity index (χ2n) is 8.04. The molecular formula is C21H27N3O2. The van der Waals surface area contributed by atoms with E-state index in [1.165, 1.54) is 19.3 Å². The third-order valence-electron chi connectivity index (χ3n) is 5.74. The Morgan fingerprint density at radius 2 is 2.08 bits per heavy atom. The summed E-state index contributed by atoms with van der Waals surface area (Å²) in [6.45, 7) is 8.65. The SMILES string of the molecule is CC1CCC(C(C)C)N(Cc2nc3c(oc4ccccc43)c(=O)[nH]2)CC1. The van der Waals surface area contributed by atoms with E-state index in [9.17, 15) is 4.79 Å². The zero-order chi connectivity index (χ0) is 18.3. The zero-order valence-electron chi connectivity index (χ0n) is 15.8. The van der Waals surface area contributed by atoms with Gasteiger partial charge in [0.1, 0.15) is 16.9 Å². The summed E-state index contributed by atoms with van der Waals surface area (Å²) < 4.78 is 5.70. The van der Waals surface area contributed by atoms with Crippen molar-refractivity contribution in [3.63, 3.8) is 0 Å². The van der Waals surface area contributed by atoms with Crippen molar-refractivity contribution in [1.29, 1.82) is 0 Å². The molecule has 3 heterocycles. The van der Waals surface area contributed by atoms with E-state index in [2.05, 4.69) is 30.7 Å². The molecule has 3 aromatic rings. The lowest BCUT2D eigenvalue weighted by Crippen LogP contribution is -2.38.